The Morgan fingerprint density at radius 1 is 0.848 bits per heavy atom. The third-order valence-electron chi connectivity index (χ3n) is 3.39. The molecule has 15 nitrogen and oxygen atoms in total. The number of aliphatic carboxylic acids is 4. The van der Waals surface area contributed by atoms with Gasteiger partial charge >= 0.3 is 23.9 Å². The highest BCUT2D eigenvalue weighted by Gasteiger charge is 2.22. The van der Waals surface area contributed by atoms with Crippen molar-refractivity contribution in [2.75, 3.05) is 18.1 Å². The van der Waals surface area contributed by atoms with Gasteiger partial charge in [-0.05, 0) is 12.8 Å². The van der Waals surface area contributed by atoms with Gasteiger partial charge in [0.05, 0.1) is 5.75 Å². The van der Waals surface area contributed by atoms with Gasteiger partial charge in [-0.3, -0.25) is 33.6 Å². The van der Waals surface area contributed by atoms with Crippen molar-refractivity contribution < 1.29 is 54.0 Å². The van der Waals surface area contributed by atoms with E-state index in [1.807, 2.05) is 0 Å². The zero-order valence-electron chi connectivity index (χ0n) is 17.5. The Hall–Kier alpha value is -3.40. The Bertz CT molecular complexity index is 703. The van der Waals surface area contributed by atoms with Gasteiger partial charge in [0.2, 0.25) is 17.7 Å². The number of nitrogens with two attached hydrogens (primary N) is 2. The molecule has 0 aromatic rings. The van der Waals surface area contributed by atoms with Crippen molar-refractivity contribution in [1.29, 1.82) is 0 Å². The van der Waals surface area contributed by atoms with E-state index in [-0.39, 0.29) is 37.2 Å². The lowest BCUT2D eigenvalue weighted by Gasteiger charge is -2.17. The molecule has 0 radical (unpaired) electrons. The Balaban J connectivity index is 0. The summed E-state index contributed by atoms with van der Waals surface area (Å²) in [6.07, 6.45) is 0.118. The topological polar surface area (TPSA) is 277 Å². The van der Waals surface area contributed by atoms with Crippen LogP contribution < -0.4 is 22.1 Å². The predicted molar refractivity (Wildman–Crippen MR) is 113 cm³/mol. The first kappa shape index (κ1) is 31.8. The summed E-state index contributed by atoms with van der Waals surface area (Å²) in [6, 6.07) is -2.38. The number of primary amides is 1. The van der Waals surface area contributed by atoms with Crippen molar-refractivity contribution in [3.63, 3.8) is 0 Å². The Morgan fingerprint density at radius 2 is 1.45 bits per heavy atom. The van der Waals surface area contributed by atoms with E-state index in [2.05, 4.69) is 10.6 Å². The number of carboxylic acids is 4. The van der Waals surface area contributed by atoms with Crippen LogP contribution in [0.25, 0.3) is 0 Å². The molecule has 0 bridgehead atoms. The van der Waals surface area contributed by atoms with Crippen LogP contribution in [0.3, 0.4) is 0 Å². The molecule has 0 saturated carbocycles. The first-order valence-corrected chi connectivity index (χ1v) is 10.5. The second-order valence-corrected chi connectivity index (χ2v) is 7.37. The molecule has 0 rings (SSSR count). The monoisotopic (exact) mass is 496 g/mol. The molecule has 10 N–H and O–H groups in total. The average molecular weight is 496 g/mol. The van der Waals surface area contributed by atoms with Crippen LogP contribution in [-0.2, 0) is 33.6 Å². The highest BCUT2D eigenvalue weighted by molar-refractivity contribution is 8.00. The first-order chi connectivity index (χ1) is 15.3. The standard InChI is InChI=1S/C12H19N3O8S.C5H9NO3/c13-6(12(22)23)1-2-8(16)15-7(4-24-5-10(19)20)11(21)14-3-9(17)18;6-4(7)2-1-3-5(8)9/h6-7H,1-5,13H2,(H,14,21)(H,15,16)(H,17,18)(H,19,20)(H,22,23);1-3H2,(H2,6,7)(H,8,9)/t6-,7-;/m0./s1. The molecular formula is C17H28N4O11S. The second kappa shape index (κ2) is 18.2. The molecule has 0 unspecified atom stereocenters. The first-order valence-electron chi connectivity index (χ1n) is 9.33. The zero-order chi connectivity index (χ0) is 26.0. The van der Waals surface area contributed by atoms with Gasteiger partial charge in [0, 0.05) is 25.0 Å². The number of amides is 3. The lowest BCUT2D eigenvalue weighted by molar-refractivity contribution is -0.139. The van der Waals surface area contributed by atoms with Crippen molar-refractivity contribution in [1.82, 2.24) is 10.6 Å². The Labute approximate surface area is 192 Å². The van der Waals surface area contributed by atoms with Crippen molar-refractivity contribution in [2.45, 2.75) is 44.2 Å². The quantitative estimate of drug-likeness (QED) is 0.109. The van der Waals surface area contributed by atoms with Crippen molar-refractivity contribution in [2.24, 2.45) is 11.5 Å². The molecule has 16 heteroatoms. The number of carbonyl (C=O) groups is 7. The van der Waals surface area contributed by atoms with Gasteiger partial charge in [-0.1, -0.05) is 0 Å². The molecule has 0 aromatic carbocycles. The molecule has 0 saturated heterocycles. The number of carboxylic acid groups (broad SMARTS) is 4. The van der Waals surface area contributed by atoms with Crippen LogP contribution in [0.4, 0.5) is 0 Å². The summed E-state index contributed by atoms with van der Waals surface area (Å²) >= 11 is 0.862. The molecule has 188 valence electrons. The van der Waals surface area contributed by atoms with E-state index in [4.69, 9.17) is 31.9 Å². The van der Waals surface area contributed by atoms with Crippen LogP contribution in [0.5, 0.6) is 0 Å². The smallest absolute Gasteiger partial charge is 0.322 e. The second-order valence-electron chi connectivity index (χ2n) is 6.34. The minimum absolute atomic E-state index is 0.0168. The molecule has 0 aliphatic heterocycles. The van der Waals surface area contributed by atoms with E-state index in [1.54, 1.807) is 0 Å². The highest BCUT2D eigenvalue weighted by Crippen LogP contribution is 2.04. The van der Waals surface area contributed by atoms with E-state index in [9.17, 15) is 33.6 Å². The van der Waals surface area contributed by atoms with E-state index >= 15 is 0 Å². The number of thioether (sulfide) groups is 1. The Kier molecular flexibility index (Phi) is 17.5. The number of nitrogens with one attached hydrogen (secondary N) is 2. The van der Waals surface area contributed by atoms with Crippen LogP contribution in [0.2, 0.25) is 0 Å². The van der Waals surface area contributed by atoms with Gasteiger partial charge in [0.1, 0.15) is 18.6 Å². The maximum absolute atomic E-state index is 11.8. The average Bonchev–Trinajstić information content (AvgIpc) is 2.68. The van der Waals surface area contributed by atoms with Crippen LogP contribution in [-0.4, -0.2) is 92.2 Å². The van der Waals surface area contributed by atoms with E-state index in [1.165, 1.54) is 0 Å². The lowest BCUT2D eigenvalue weighted by Crippen LogP contribution is -2.49. The molecular weight excluding hydrogens is 468 g/mol. The fraction of sp³-hybridized carbons (Fsp3) is 0.588. The van der Waals surface area contributed by atoms with Crippen molar-refractivity contribution >= 4 is 53.4 Å². The predicted octanol–water partition coefficient (Wildman–Crippen LogP) is -2.59. The van der Waals surface area contributed by atoms with Gasteiger partial charge in [-0.2, -0.15) is 0 Å². The Morgan fingerprint density at radius 3 is 1.91 bits per heavy atom. The molecule has 0 spiro atoms. The summed E-state index contributed by atoms with van der Waals surface area (Å²) in [6.45, 7) is -0.654. The molecule has 0 aliphatic rings. The highest BCUT2D eigenvalue weighted by atomic mass is 32.2. The van der Waals surface area contributed by atoms with Crippen LogP contribution >= 0.6 is 11.8 Å². The van der Waals surface area contributed by atoms with Gasteiger partial charge < -0.3 is 42.5 Å². The summed E-state index contributed by atoms with van der Waals surface area (Å²) in [5.41, 5.74) is 10.0. The third kappa shape index (κ3) is 21.6. The number of carbonyl (C=O) groups excluding carboxylic acids is 3. The summed E-state index contributed by atoms with van der Waals surface area (Å²) in [5, 5.41) is 38.2. The largest absolute Gasteiger partial charge is 0.481 e. The molecule has 2 atom stereocenters. The fourth-order valence-corrected chi connectivity index (χ4v) is 2.59. The SMILES string of the molecule is NC(=O)CCCC(=O)O.N[C@@H](CCC(=O)N[C@@H](CSCC(=O)O)C(=O)NCC(=O)O)C(=O)O. The van der Waals surface area contributed by atoms with Crippen LogP contribution in [0.15, 0.2) is 0 Å². The minimum atomic E-state index is -1.28. The number of rotatable bonds is 16. The van der Waals surface area contributed by atoms with Crippen molar-refractivity contribution in [3.05, 3.63) is 0 Å². The molecule has 33 heavy (non-hydrogen) atoms. The van der Waals surface area contributed by atoms with E-state index in [0.29, 0.717) is 6.42 Å². The maximum Gasteiger partial charge on any atom is 0.322 e. The summed E-state index contributed by atoms with van der Waals surface area (Å²) in [5.74, 6) is -6.83. The molecule has 0 heterocycles. The van der Waals surface area contributed by atoms with Gasteiger partial charge in [0.15, 0.2) is 0 Å². The number of hydrogen-bond donors (Lipinski definition) is 8. The van der Waals surface area contributed by atoms with E-state index in [0.717, 1.165) is 11.8 Å². The summed E-state index contributed by atoms with van der Waals surface area (Å²) in [7, 11) is 0. The normalized spacial score (nSPS) is 11.7. The third-order valence-corrected chi connectivity index (χ3v) is 4.41. The lowest BCUT2D eigenvalue weighted by atomic mass is 10.1. The van der Waals surface area contributed by atoms with Gasteiger partial charge in [0.25, 0.3) is 0 Å². The minimum Gasteiger partial charge on any atom is -0.481 e. The molecule has 0 aromatic heterocycles. The molecule has 0 aliphatic carbocycles. The van der Waals surface area contributed by atoms with E-state index < -0.39 is 60.2 Å². The zero-order valence-corrected chi connectivity index (χ0v) is 18.3. The van der Waals surface area contributed by atoms with Crippen molar-refractivity contribution in [3.8, 4) is 0 Å². The maximum atomic E-state index is 11.8. The van der Waals surface area contributed by atoms with Gasteiger partial charge in [-0.15, -0.1) is 11.8 Å². The fourth-order valence-electron chi connectivity index (χ4n) is 1.82. The summed E-state index contributed by atoms with van der Waals surface area (Å²) in [4.78, 5) is 74.9. The number of hydrogen-bond acceptors (Lipinski definition) is 9. The van der Waals surface area contributed by atoms with Crippen LogP contribution in [0, 0.1) is 0 Å². The summed E-state index contributed by atoms with van der Waals surface area (Å²) < 4.78 is 0. The molecule has 0 fully saturated rings. The van der Waals surface area contributed by atoms with Gasteiger partial charge in [-0.25, -0.2) is 0 Å². The molecule has 3 amide bonds. The van der Waals surface area contributed by atoms with Crippen LogP contribution in [0.1, 0.15) is 32.1 Å².